The van der Waals surface area contributed by atoms with Crippen molar-refractivity contribution in [2.24, 2.45) is 0 Å². The molecule has 2 aromatic rings. The van der Waals surface area contributed by atoms with Crippen molar-refractivity contribution >= 4 is 32.5 Å². The minimum Gasteiger partial charge on any atom is -0.365 e. The van der Waals surface area contributed by atoms with Crippen molar-refractivity contribution < 1.29 is 8.44 Å². The topological polar surface area (TPSA) is 35.5 Å². The molecule has 2 atom stereocenters. The van der Waals surface area contributed by atoms with Gasteiger partial charge in [-0.1, -0.05) is 64.5 Å². The first kappa shape index (κ1) is 20.4. The maximum absolute atomic E-state index is 15.2. The van der Waals surface area contributed by atoms with Crippen LogP contribution in [0.2, 0.25) is 0 Å². The summed E-state index contributed by atoms with van der Waals surface area (Å²) in [5.74, 6) is 0. The second-order valence-electron chi connectivity index (χ2n) is 7.30. The van der Waals surface area contributed by atoms with Crippen molar-refractivity contribution in [3.63, 3.8) is 0 Å². The fraction of sp³-hybridized carbons (Fsp3) is 0.217. The van der Waals surface area contributed by atoms with E-state index in [4.69, 9.17) is 0 Å². The van der Waals surface area contributed by atoms with Crippen molar-refractivity contribution in [2.75, 3.05) is 18.0 Å². The van der Waals surface area contributed by atoms with Crippen LogP contribution in [0, 0.1) is 0 Å². The van der Waals surface area contributed by atoms with E-state index in [1.54, 1.807) is 24.3 Å². The summed E-state index contributed by atoms with van der Waals surface area (Å²) in [7, 11) is -3.56. The standard InChI is InChI=1S/C23H24BrFN2OS/c24-20-12-13-23-19(14-20)15-21(26-29(25,28)22-10-6-3-7-11-22)17-27(23)16-18-8-4-1-2-5-9-18/h1-4,6-14,21,26,28H,5,15-17H2. The molecule has 0 fully saturated rings. The van der Waals surface area contributed by atoms with Gasteiger partial charge in [-0.3, -0.25) is 0 Å². The predicted molar refractivity (Wildman–Crippen MR) is 124 cm³/mol. The molecule has 1 aliphatic carbocycles. The fourth-order valence-corrected chi connectivity index (χ4v) is 5.46. The molecular weight excluding hydrogens is 451 g/mol. The summed E-state index contributed by atoms with van der Waals surface area (Å²) in [5.41, 5.74) is 3.54. The molecule has 1 heterocycles. The molecule has 152 valence electrons. The van der Waals surface area contributed by atoms with Crippen molar-refractivity contribution in [2.45, 2.75) is 23.8 Å². The third kappa shape index (κ3) is 5.01. The Morgan fingerprint density at radius 1 is 1.17 bits per heavy atom. The summed E-state index contributed by atoms with van der Waals surface area (Å²) in [5, 5.41) is 0. The van der Waals surface area contributed by atoms with Crippen LogP contribution in [0.1, 0.15) is 12.0 Å². The van der Waals surface area contributed by atoms with Gasteiger partial charge in [0, 0.05) is 29.3 Å². The highest BCUT2D eigenvalue weighted by Gasteiger charge is 2.31. The molecule has 2 aromatic carbocycles. The highest BCUT2D eigenvalue weighted by Crippen LogP contribution is 2.50. The Morgan fingerprint density at radius 3 is 2.83 bits per heavy atom. The quantitative estimate of drug-likeness (QED) is 0.529. The number of rotatable bonds is 5. The third-order valence-electron chi connectivity index (χ3n) is 5.11. The number of hydrogen-bond acceptors (Lipinski definition) is 3. The first-order chi connectivity index (χ1) is 14.0. The molecule has 0 saturated heterocycles. The second-order valence-corrected chi connectivity index (χ2v) is 9.93. The average molecular weight is 475 g/mol. The zero-order valence-electron chi connectivity index (χ0n) is 16.0. The summed E-state index contributed by atoms with van der Waals surface area (Å²) < 4.78 is 29.6. The molecule has 2 N–H and O–H groups in total. The second kappa shape index (κ2) is 8.88. The Morgan fingerprint density at radius 2 is 2.00 bits per heavy atom. The van der Waals surface area contributed by atoms with Crippen LogP contribution in [0.4, 0.5) is 9.57 Å². The van der Waals surface area contributed by atoms with Gasteiger partial charge in [0.15, 0.2) is 0 Å². The Bertz CT molecular complexity index is 959. The van der Waals surface area contributed by atoms with Gasteiger partial charge in [0.1, 0.15) is 10.9 Å². The number of allylic oxidation sites excluding steroid dienone is 4. The lowest BCUT2D eigenvalue weighted by Gasteiger charge is -2.39. The Balaban J connectivity index is 1.58. The lowest BCUT2D eigenvalue weighted by atomic mass is 9.98. The number of benzene rings is 2. The van der Waals surface area contributed by atoms with E-state index < -0.39 is 10.9 Å². The molecule has 2 aliphatic rings. The highest BCUT2D eigenvalue weighted by molar-refractivity contribution is 9.10. The van der Waals surface area contributed by atoms with E-state index in [-0.39, 0.29) is 6.04 Å². The van der Waals surface area contributed by atoms with Crippen molar-refractivity contribution in [3.8, 4) is 0 Å². The van der Waals surface area contributed by atoms with Gasteiger partial charge in [0.2, 0.25) is 0 Å². The van der Waals surface area contributed by atoms with Gasteiger partial charge in [0.25, 0.3) is 0 Å². The summed E-state index contributed by atoms with van der Waals surface area (Å²) in [6.45, 7) is 1.37. The van der Waals surface area contributed by atoms with E-state index >= 15 is 3.89 Å². The first-order valence-electron chi connectivity index (χ1n) is 9.65. The van der Waals surface area contributed by atoms with Crippen LogP contribution >= 0.6 is 26.8 Å². The summed E-state index contributed by atoms with van der Waals surface area (Å²) >= 11 is 3.55. The van der Waals surface area contributed by atoms with Gasteiger partial charge in [-0.15, -0.1) is 3.89 Å². The molecule has 0 bridgehead atoms. The summed E-state index contributed by atoms with van der Waals surface area (Å²) in [4.78, 5) is 2.57. The molecule has 0 radical (unpaired) electrons. The molecule has 2 unspecified atom stereocenters. The maximum Gasteiger partial charge on any atom is 0.102 e. The Kier molecular flexibility index (Phi) is 6.25. The van der Waals surface area contributed by atoms with Crippen LogP contribution in [0.15, 0.2) is 93.9 Å². The van der Waals surface area contributed by atoms with Crippen LogP contribution < -0.4 is 9.62 Å². The van der Waals surface area contributed by atoms with E-state index in [0.29, 0.717) is 17.9 Å². The van der Waals surface area contributed by atoms with E-state index in [1.807, 2.05) is 12.1 Å². The van der Waals surface area contributed by atoms with Gasteiger partial charge in [-0.2, -0.15) is 0 Å². The minimum absolute atomic E-state index is 0.199. The molecule has 3 nitrogen and oxygen atoms in total. The fourth-order valence-electron chi connectivity index (χ4n) is 3.80. The molecular formula is C23H24BrFN2OS. The van der Waals surface area contributed by atoms with E-state index in [9.17, 15) is 4.55 Å². The molecule has 6 heteroatoms. The van der Waals surface area contributed by atoms with Crippen LogP contribution in [0.5, 0.6) is 0 Å². The number of anilines is 1. The third-order valence-corrected chi connectivity index (χ3v) is 7.15. The monoisotopic (exact) mass is 474 g/mol. The van der Waals surface area contributed by atoms with Crippen LogP contribution in [-0.2, 0) is 6.42 Å². The van der Waals surface area contributed by atoms with Gasteiger partial charge in [-0.25, -0.2) is 4.72 Å². The summed E-state index contributed by atoms with van der Waals surface area (Å²) in [6.07, 6.45) is 12.2. The lowest BCUT2D eigenvalue weighted by Crippen LogP contribution is -2.47. The molecule has 4 rings (SSSR count). The van der Waals surface area contributed by atoms with Crippen LogP contribution in [0.3, 0.4) is 0 Å². The lowest BCUT2D eigenvalue weighted by molar-refractivity contribution is 0.502. The first-order valence-corrected chi connectivity index (χ1v) is 11.9. The molecule has 0 aromatic heterocycles. The number of fused-ring (bicyclic) bond motifs is 1. The van der Waals surface area contributed by atoms with Crippen LogP contribution in [-0.4, -0.2) is 23.7 Å². The minimum atomic E-state index is -3.56. The van der Waals surface area contributed by atoms with Gasteiger partial charge >= 0.3 is 0 Å². The van der Waals surface area contributed by atoms with E-state index in [2.05, 4.69) is 68.1 Å². The predicted octanol–water partition coefficient (Wildman–Crippen LogP) is 6.35. The SMILES string of the molecule is OS(F)(NC1Cc2cc(Br)ccc2N(CC2=CCC=CC=C2)C1)c1ccccc1. The average Bonchev–Trinajstić information content (AvgIpc) is 2.97. The number of nitrogens with one attached hydrogen (secondary N) is 1. The number of halogens is 2. The normalized spacial score (nSPS) is 21.7. The molecule has 0 amide bonds. The van der Waals surface area contributed by atoms with Gasteiger partial charge in [0.05, 0.1) is 4.90 Å². The molecule has 0 saturated carbocycles. The zero-order valence-corrected chi connectivity index (χ0v) is 18.4. The number of hydrogen-bond donors (Lipinski definition) is 2. The van der Waals surface area contributed by atoms with E-state index in [0.717, 1.165) is 28.7 Å². The summed E-state index contributed by atoms with van der Waals surface area (Å²) in [6, 6.07) is 14.6. The van der Waals surface area contributed by atoms with Crippen LogP contribution in [0.25, 0.3) is 0 Å². The Labute approximate surface area is 181 Å². The van der Waals surface area contributed by atoms with Crippen molar-refractivity contribution in [3.05, 3.63) is 94.5 Å². The Hall–Kier alpha value is -1.86. The van der Waals surface area contributed by atoms with Crippen molar-refractivity contribution in [1.82, 2.24) is 4.72 Å². The maximum atomic E-state index is 15.2. The van der Waals surface area contributed by atoms with Crippen molar-refractivity contribution in [1.29, 1.82) is 0 Å². The zero-order chi connectivity index (χ0) is 20.3. The van der Waals surface area contributed by atoms with Gasteiger partial charge < -0.3 is 9.45 Å². The number of nitrogens with zero attached hydrogens (tertiary/aromatic N) is 1. The van der Waals surface area contributed by atoms with E-state index in [1.165, 1.54) is 5.57 Å². The smallest absolute Gasteiger partial charge is 0.102 e. The molecule has 0 spiro atoms. The molecule has 1 aliphatic heterocycles. The highest BCUT2D eigenvalue weighted by atomic mass is 79.9. The van der Waals surface area contributed by atoms with Gasteiger partial charge in [-0.05, 0) is 54.3 Å². The molecule has 29 heavy (non-hydrogen) atoms. The largest absolute Gasteiger partial charge is 0.365 e.